The summed E-state index contributed by atoms with van der Waals surface area (Å²) < 4.78 is 5.32. The van der Waals surface area contributed by atoms with E-state index in [0.717, 1.165) is 5.76 Å². The van der Waals surface area contributed by atoms with Gasteiger partial charge in [-0.05, 0) is 19.1 Å². The van der Waals surface area contributed by atoms with Gasteiger partial charge in [-0.3, -0.25) is 0 Å². The number of furan rings is 1. The van der Waals surface area contributed by atoms with Crippen LogP contribution in [0.4, 0.5) is 0 Å². The van der Waals surface area contributed by atoms with Crippen LogP contribution in [-0.4, -0.2) is 15.2 Å². The van der Waals surface area contributed by atoms with Gasteiger partial charge in [0.1, 0.15) is 12.1 Å². The highest BCUT2D eigenvalue weighted by molar-refractivity contribution is 6.31. The Balaban J connectivity index is 2.52. The van der Waals surface area contributed by atoms with Crippen molar-refractivity contribution < 1.29 is 4.42 Å². The lowest BCUT2D eigenvalue weighted by Crippen LogP contribution is -1.89. The maximum Gasteiger partial charge on any atom is 0.165 e. The molecule has 2 aromatic heterocycles. The van der Waals surface area contributed by atoms with E-state index in [0.29, 0.717) is 16.6 Å². The Labute approximate surface area is 79.6 Å². The summed E-state index contributed by atoms with van der Waals surface area (Å²) in [5.41, 5.74) is 0.470. The minimum Gasteiger partial charge on any atom is -0.460 e. The van der Waals surface area contributed by atoms with Crippen LogP contribution in [0.2, 0.25) is 5.15 Å². The van der Waals surface area contributed by atoms with Crippen molar-refractivity contribution >= 4 is 11.6 Å². The number of halogens is 1. The molecule has 13 heavy (non-hydrogen) atoms. The van der Waals surface area contributed by atoms with Gasteiger partial charge in [-0.2, -0.15) is 0 Å². The third-order valence-corrected chi connectivity index (χ3v) is 1.83. The van der Waals surface area contributed by atoms with Crippen LogP contribution in [0.1, 0.15) is 5.76 Å². The first kappa shape index (κ1) is 8.19. The molecule has 0 bridgehead atoms. The van der Waals surface area contributed by atoms with Crippen molar-refractivity contribution in [1.82, 2.24) is 15.2 Å². The molecule has 0 aliphatic carbocycles. The molecule has 0 radical (unpaired) electrons. The van der Waals surface area contributed by atoms with Gasteiger partial charge in [-0.15, -0.1) is 10.2 Å². The molecule has 2 aromatic rings. The zero-order chi connectivity index (χ0) is 9.26. The van der Waals surface area contributed by atoms with Gasteiger partial charge in [0.05, 0.1) is 0 Å². The molecule has 0 aliphatic heterocycles. The van der Waals surface area contributed by atoms with Crippen LogP contribution < -0.4 is 0 Å². The number of hydrogen-bond acceptors (Lipinski definition) is 4. The molecule has 2 heterocycles. The molecule has 0 saturated carbocycles. The molecule has 2 rings (SSSR count). The Kier molecular flexibility index (Phi) is 1.98. The van der Waals surface area contributed by atoms with Crippen molar-refractivity contribution in [2.75, 3.05) is 0 Å². The summed E-state index contributed by atoms with van der Waals surface area (Å²) in [6, 6.07) is 3.62. The van der Waals surface area contributed by atoms with Gasteiger partial charge in [-0.25, -0.2) is 4.98 Å². The number of hydrogen-bond donors (Lipinski definition) is 0. The fourth-order valence-electron chi connectivity index (χ4n) is 0.975. The minimum atomic E-state index is 0.296. The van der Waals surface area contributed by atoms with E-state index >= 15 is 0 Å². The van der Waals surface area contributed by atoms with Crippen molar-refractivity contribution in [3.05, 3.63) is 29.4 Å². The Bertz CT molecular complexity index is 427. The molecule has 0 saturated heterocycles. The van der Waals surface area contributed by atoms with Gasteiger partial charge in [0.15, 0.2) is 16.6 Å². The standard InChI is InChI=1S/C8H6ClN3O/c1-5-2-3-6(13-5)7-8(9)10-4-11-12-7/h2-4H,1H3. The third kappa shape index (κ3) is 1.53. The van der Waals surface area contributed by atoms with Crippen LogP contribution in [0.15, 0.2) is 22.9 Å². The molecule has 0 spiro atoms. The molecule has 0 aromatic carbocycles. The Morgan fingerprint density at radius 1 is 1.38 bits per heavy atom. The molecule has 5 heteroatoms. The van der Waals surface area contributed by atoms with E-state index < -0.39 is 0 Å². The van der Waals surface area contributed by atoms with Crippen LogP contribution in [0.5, 0.6) is 0 Å². The lowest BCUT2D eigenvalue weighted by atomic mass is 10.3. The Hall–Kier alpha value is -1.42. The molecule has 0 fully saturated rings. The van der Waals surface area contributed by atoms with Crippen molar-refractivity contribution in [2.45, 2.75) is 6.92 Å². The van der Waals surface area contributed by atoms with Crippen molar-refractivity contribution in [2.24, 2.45) is 0 Å². The first-order valence-corrected chi connectivity index (χ1v) is 4.05. The highest BCUT2D eigenvalue weighted by Gasteiger charge is 2.09. The van der Waals surface area contributed by atoms with E-state index in [1.807, 2.05) is 13.0 Å². The summed E-state index contributed by atoms with van der Waals surface area (Å²) in [5, 5.41) is 7.74. The van der Waals surface area contributed by atoms with E-state index in [9.17, 15) is 0 Å². The molecule has 0 atom stereocenters. The quantitative estimate of drug-likeness (QED) is 0.699. The molecule has 66 valence electrons. The maximum absolute atomic E-state index is 5.79. The predicted molar refractivity (Wildman–Crippen MR) is 47.3 cm³/mol. The molecule has 0 unspecified atom stereocenters. The molecule has 0 aliphatic rings. The van der Waals surface area contributed by atoms with E-state index in [4.69, 9.17) is 16.0 Å². The molecule has 4 nitrogen and oxygen atoms in total. The summed E-state index contributed by atoms with van der Waals surface area (Å²) >= 11 is 5.79. The largest absolute Gasteiger partial charge is 0.460 e. The summed E-state index contributed by atoms with van der Waals surface area (Å²) in [6.45, 7) is 1.85. The maximum atomic E-state index is 5.79. The SMILES string of the molecule is Cc1ccc(-c2nncnc2Cl)o1. The van der Waals surface area contributed by atoms with Crippen LogP contribution in [0.3, 0.4) is 0 Å². The van der Waals surface area contributed by atoms with E-state index in [1.54, 1.807) is 6.07 Å². The lowest BCUT2D eigenvalue weighted by molar-refractivity contribution is 0.545. The van der Waals surface area contributed by atoms with Crippen molar-refractivity contribution in [3.8, 4) is 11.5 Å². The van der Waals surface area contributed by atoms with Gasteiger partial charge in [0, 0.05) is 0 Å². The number of aryl methyl sites for hydroxylation is 1. The van der Waals surface area contributed by atoms with Crippen LogP contribution in [0.25, 0.3) is 11.5 Å². The fraction of sp³-hybridized carbons (Fsp3) is 0.125. The third-order valence-electron chi connectivity index (χ3n) is 1.55. The van der Waals surface area contributed by atoms with Crippen LogP contribution in [0, 0.1) is 6.92 Å². The highest BCUT2D eigenvalue weighted by Crippen LogP contribution is 2.24. The number of nitrogens with zero attached hydrogens (tertiary/aromatic N) is 3. The van der Waals surface area contributed by atoms with Gasteiger partial charge in [-0.1, -0.05) is 11.6 Å². The van der Waals surface area contributed by atoms with E-state index in [-0.39, 0.29) is 0 Å². The van der Waals surface area contributed by atoms with Crippen LogP contribution in [-0.2, 0) is 0 Å². The first-order valence-electron chi connectivity index (χ1n) is 3.67. The Morgan fingerprint density at radius 2 is 2.23 bits per heavy atom. The second-order valence-electron chi connectivity index (χ2n) is 2.51. The lowest BCUT2D eigenvalue weighted by Gasteiger charge is -1.95. The smallest absolute Gasteiger partial charge is 0.165 e. The summed E-state index contributed by atoms with van der Waals surface area (Å²) in [4.78, 5) is 3.80. The number of aromatic nitrogens is 3. The van der Waals surface area contributed by atoms with Gasteiger partial charge in [0.2, 0.25) is 0 Å². The zero-order valence-corrected chi connectivity index (χ0v) is 7.62. The molecular formula is C8H6ClN3O. The molecule has 0 N–H and O–H groups in total. The van der Waals surface area contributed by atoms with Gasteiger partial charge < -0.3 is 4.42 Å². The Morgan fingerprint density at radius 3 is 2.85 bits per heavy atom. The first-order chi connectivity index (χ1) is 6.27. The summed E-state index contributed by atoms with van der Waals surface area (Å²) in [6.07, 6.45) is 1.29. The van der Waals surface area contributed by atoms with E-state index in [2.05, 4.69) is 15.2 Å². The highest BCUT2D eigenvalue weighted by atomic mass is 35.5. The predicted octanol–water partition coefficient (Wildman–Crippen LogP) is 2.09. The van der Waals surface area contributed by atoms with Gasteiger partial charge in [0.25, 0.3) is 0 Å². The molecular weight excluding hydrogens is 190 g/mol. The van der Waals surface area contributed by atoms with Gasteiger partial charge >= 0.3 is 0 Å². The van der Waals surface area contributed by atoms with Crippen LogP contribution >= 0.6 is 11.6 Å². The van der Waals surface area contributed by atoms with Crippen molar-refractivity contribution in [3.63, 3.8) is 0 Å². The van der Waals surface area contributed by atoms with Crippen molar-refractivity contribution in [1.29, 1.82) is 0 Å². The second kappa shape index (κ2) is 3.14. The minimum absolute atomic E-state index is 0.296. The van der Waals surface area contributed by atoms with E-state index in [1.165, 1.54) is 6.33 Å². The average molecular weight is 196 g/mol. The topological polar surface area (TPSA) is 51.8 Å². The summed E-state index contributed by atoms with van der Waals surface area (Å²) in [7, 11) is 0. The monoisotopic (exact) mass is 195 g/mol. The average Bonchev–Trinajstić information content (AvgIpc) is 2.53. The fourth-order valence-corrected chi connectivity index (χ4v) is 1.15. The normalized spacial score (nSPS) is 10.3. The zero-order valence-electron chi connectivity index (χ0n) is 6.86. The summed E-state index contributed by atoms with van der Waals surface area (Å²) in [5.74, 6) is 1.39. The number of rotatable bonds is 1. The second-order valence-corrected chi connectivity index (χ2v) is 2.87. The molecule has 0 amide bonds.